The Bertz CT molecular complexity index is 576. The minimum absolute atomic E-state index is 0.118. The number of halogens is 1. The first kappa shape index (κ1) is 13.1. The predicted octanol–water partition coefficient (Wildman–Crippen LogP) is 2.15. The molecule has 6 nitrogen and oxygen atoms in total. The SMILES string of the molecule is Clc1nc(Oc2ccccc2)nc(N2CCOCC2)n1. The minimum atomic E-state index is 0.118. The summed E-state index contributed by atoms with van der Waals surface area (Å²) in [7, 11) is 0. The van der Waals surface area contributed by atoms with Gasteiger partial charge in [-0.25, -0.2) is 0 Å². The zero-order valence-electron chi connectivity index (χ0n) is 10.7. The van der Waals surface area contributed by atoms with Gasteiger partial charge in [-0.2, -0.15) is 15.0 Å². The van der Waals surface area contributed by atoms with Gasteiger partial charge in [0.1, 0.15) is 5.75 Å². The summed E-state index contributed by atoms with van der Waals surface area (Å²) >= 11 is 5.94. The molecule has 1 saturated heterocycles. The summed E-state index contributed by atoms with van der Waals surface area (Å²) < 4.78 is 10.9. The number of aromatic nitrogens is 3. The van der Waals surface area contributed by atoms with Crippen molar-refractivity contribution in [1.29, 1.82) is 0 Å². The molecule has 20 heavy (non-hydrogen) atoms. The second kappa shape index (κ2) is 6.02. The first-order chi connectivity index (χ1) is 9.81. The molecule has 7 heteroatoms. The highest BCUT2D eigenvalue weighted by atomic mass is 35.5. The van der Waals surface area contributed by atoms with Crippen LogP contribution in [0.3, 0.4) is 0 Å². The Hall–Kier alpha value is -1.92. The molecule has 1 aromatic heterocycles. The fourth-order valence-electron chi connectivity index (χ4n) is 1.87. The lowest BCUT2D eigenvalue weighted by molar-refractivity contribution is 0.122. The molecular weight excluding hydrogens is 280 g/mol. The third-order valence-corrected chi connectivity index (χ3v) is 2.99. The van der Waals surface area contributed by atoms with Crippen molar-refractivity contribution in [1.82, 2.24) is 15.0 Å². The lowest BCUT2D eigenvalue weighted by atomic mass is 10.3. The molecular formula is C13H13ClN4O2. The third-order valence-electron chi connectivity index (χ3n) is 2.82. The fourth-order valence-corrected chi connectivity index (χ4v) is 2.01. The highest BCUT2D eigenvalue weighted by Crippen LogP contribution is 2.21. The van der Waals surface area contributed by atoms with Crippen LogP contribution in [0.5, 0.6) is 11.8 Å². The van der Waals surface area contributed by atoms with Gasteiger partial charge in [0.15, 0.2) is 0 Å². The van der Waals surface area contributed by atoms with Crippen molar-refractivity contribution in [3.05, 3.63) is 35.6 Å². The Kier molecular flexibility index (Phi) is 3.94. The van der Waals surface area contributed by atoms with Crippen LogP contribution in [0.2, 0.25) is 5.28 Å². The van der Waals surface area contributed by atoms with E-state index in [0.29, 0.717) is 24.9 Å². The fraction of sp³-hybridized carbons (Fsp3) is 0.308. The predicted molar refractivity (Wildman–Crippen MR) is 74.4 cm³/mol. The van der Waals surface area contributed by atoms with E-state index in [1.54, 1.807) is 0 Å². The zero-order valence-corrected chi connectivity index (χ0v) is 11.5. The van der Waals surface area contributed by atoms with Crippen molar-refractivity contribution in [2.75, 3.05) is 31.2 Å². The van der Waals surface area contributed by atoms with Gasteiger partial charge in [0.05, 0.1) is 13.2 Å². The van der Waals surface area contributed by atoms with Crippen molar-refractivity contribution in [2.45, 2.75) is 0 Å². The summed E-state index contributed by atoms with van der Waals surface area (Å²) in [6, 6.07) is 9.50. The van der Waals surface area contributed by atoms with E-state index in [9.17, 15) is 0 Å². The van der Waals surface area contributed by atoms with Crippen LogP contribution < -0.4 is 9.64 Å². The van der Waals surface area contributed by atoms with Crippen molar-refractivity contribution in [2.24, 2.45) is 0 Å². The Labute approximate surface area is 121 Å². The number of ether oxygens (including phenoxy) is 2. The maximum absolute atomic E-state index is 5.94. The molecule has 1 aliphatic rings. The maximum Gasteiger partial charge on any atom is 0.328 e. The summed E-state index contributed by atoms with van der Waals surface area (Å²) in [5, 5.41) is 0.118. The van der Waals surface area contributed by atoms with Gasteiger partial charge >= 0.3 is 6.01 Å². The first-order valence-electron chi connectivity index (χ1n) is 6.28. The molecule has 0 saturated carbocycles. The molecule has 0 radical (unpaired) electrons. The van der Waals surface area contributed by atoms with E-state index in [-0.39, 0.29) is 11.3 Å². The van der Waals surface area contributed by atoms with Crippen molar-refractivity contribution in [3.63, 3.8) is 0 Å². The van der Waals surface area contributed by atoms with Crippen molar-refractivity contribution in [3.8, 4) is 11.8 Å². The first-order valence-corrected chi connectivity index (χ1v) is 6.66. The molecule has 2 heterocycles. The van der Waals surface area contributed by atoms with E-state index in [4.69, 9.17) is 21.1 Å². The standard InChI is InChI=1S/C13H13ClN4O2/c14-11-15-12(18-6-8-19-9-7-18)17-13(16-11)20-10-4-2-1-3-5-10/h1-5H,6-9H2. The topological polar surface area (TPSA) is 60.4 Å². The number of nitrogens with zero attached hydrogens (tertiary/aromatic N) is 4. The van der Waals surface area contributed by atoms with Gasteiger partial charge in [0, 0.05) is 13.1 Å². The Morgan fingerprint density at radius 3 is 2.55 bits per heavy atom. The van der Waals surface area contributed by atoms with Crippen LogP contribution in [0.25, 0.3) is 0 Å². The van der Waals surface area contributed by atoms with Crippen molar-refractivity contribution >= 4 is 17.5 Å². The van der Waals surface area contributed by atoms with Gasteiger partial charge in [0.2, 0.25) is 11.2 Å². The molecule has 3 rings (SSSR count). The van der Waals surface area contributed by atoms with Crippen LogP contribution >= 0.6 is 11.6 Å². The largest absolute Gasteiger partial charge is 0.424 e. The highest BCUT2D eigenvalue weighted by molar-refractivity contribution is 6.28. The number of benzene rings is 1. The van der Waals surface area contributed by atoms with Crippen LogP contribution in [0.15, 0.2) is 30.3 Å². The molecule has 0 N–H and O–H groups in total. The molecule has 0 atom stereocenters. The van der Waals surface area contributed by atoms with Gasteiger partial charge in [-0.05, 0) is 23.7 Å². The number of morpholine rings is 1. The average Bonchev–Trinajstić information content (AvgIpc) is 2.49. The van der Waals surface area contributed by atoms with Gasteiger partial charge in [-0.3, -0.25) is 0 Å². The Morgan fingerprint density at radius 1 is 1.05 bits per heavy atom. The molecule has 104 valence electrons. The van der Waals surface area contributed by atoms with Crippen LogP contribution in [-0.4, -0.2) is 41.3 Å². The van der Waals surface area contributed by atoms with Crippen LogP contribution in [0, 0.1) is 0 Å². The Morgan fingerprint density at radius 2 is 1.80 bits per heavy atom. The quantitative estimate of drug-likeness (QED) is 0.864. The molecule has 1 aromatic carbocycles. The van der Waals surface area contributed by atoms with Crippen molar-refractivity contribution < 1.29 is 9.47 Å². The van der Waals surface area contributed by atoms with Crippen LogP contribution in [0.4, 0.5) is 5.95 Å². The van der Waals surface area contributed by atoms with Crippen LogP contribution in [-0.2, 0) is 4.74 Å². The molecule has 2 aromatic rings. The summed E-state index contributed by atoms with van der Waals surface area (Å²) in [5.41, 5.74) is 0. The highest BCUT2D eigenvalue weighted by Gasteiger charge is 2.16. The molecule has 1 aliphatic heterocycles. The van der Waals surface area contributed by atoms with E-state index in [1.165, 1.54) is 0 Å². The van der Waals surface area contributed by atoms with E-state index >= 15 is 0 Å². The maximum atomic E-state index is 5.94. The van der Waals surface area contributed by atoms with Crippen LogP contribution in [0.1, 0.15) is 0 Å². The monoisotopic (exact) mass is 292 g/mol. The van der Waals surface area contributed by atoms with Gasteiger partial charge in [-0.1, -0.05) is 18.2 Å². The normalized spacial score (nSPS) is 15.2. The summed E-state index contributed by atoms with van der Waals surface area (Å²) in [5.74, 6) is 1.17. The molecule has 0 unspecified atom stereocenters. The number of hydrogen-bond donors (Lipinski definition) is 0. The summed E-state index contributed by atoms with van der Waals surface area (Å²) in [6.45, 7) is 2.76. The second-order valence-corrected chi connectivity index (χ2v) is 4.54. The minimum Gasteiger partial charge on any atom is -0.424 e. The molecule has 0 amide bonds. The molecule has 0 aliphatic carbocycles. The van der Waals surface area contributed by atoms with Gasteiger partial charge in [0.25, 0.3) is 0 Å². The van der Waals surface area contributed by atoms with Gasteiger partial charge < -0.3 is 14.4 Å². The lowest BCUT2D eigenvalue weighted by Gasteiger charge is -2.26. The number of para-hydroxylation sites is 1. The van der Waals surface area contributed by atoms with E-state index in [1.807, 2.05) is 35.2 Å². The zero-order chi connectivity index (χ0) is 13.8. The third kappa shape index (κ3) is 3.15. The lowest BCUT2D eigenvalue weighted by Crippen LogP contribution is -2.37. The average molecular weight is 293 g/mol. The number of anilines is 1. The van der Waals surface area contributed by atoms with E-state index in [0.717, 1.165) is 13.1 Å². The molecule has 0 bridgehead atoms. The Balaban J connectivity index is 1.82. The number of hydrogen-bond acceptors (Lipinski definition) is 6. The molecule has 1 fully saturated rings. The summed E-state index contributed by atoms with van der Waals surface area (Å²) in [6.07, 6.45) is 0. The van der Waals surface area contributed by atoms with Gasteiger partial charge in [-0.15, -0.1) is 0 Å². The second-order valence-electron chi connectivity index (χ2n) is 4.20. The summed E-state index contributed by atoms with van der Waals surface area (Å²) in [4.78, 5) is 14.4. The van der Waals surface area contributed by atoms with E-state index < -0.39 is 0 Å². The molecule has 0 spiro atoms. The smallest absolute Gasteiger partial charge is 0.328 e. The number of rotatable bonds is 3. The van der Waals surface area contributed by atoms with E-state index in [2.05, 4.69) is 15.0 Å².